The van der Waals surface area contributed by atoms with Gasteiger partial charge in [0.2, 0.25) is 0 Å². The second-order valence-electron chi connectivity index (χ2n) is 3.07. The molecule has 2 heterocycles. The van der Waals surface area contributed by atoms with Gasteiger partial charge in [-0.2, -0.15) is 0 Å². The van der Waals surface area contributed by atoms with Crippen LogP contribution in [0.4, 0.5) is 0 Å². The number of aromatic nitrogens is 1. The topological polar surface area (TPSA) is 48.0 Å². The minimum Gasteiger partial charge on any atom is -0.320 e. The molecule has 5 heteroatoms. The maximum Gasteiger partial charge on any atom is 0.307 e. The Balaban J connectivity index is 2.14. The third-order valence-electron chi connectivity index (χ3n) is 1.95. The molecule has 0 aromatic carbocycles. The quantitative estimate of drug-likeness (QED) is 0.817. The highest BCUT2D eigenvalue weighted by molar-refractivity contribution is 7.12. The van der Waals surface area contributed by atoms with E-state index in [0.29, 0.717) is 13.1 Å². The number of nitrogens with two attached hydrogens (primary N) is 1. The van der Waals surface area contributed by atoms with Crippen molar-refractivity contribution < 1.29 is 0 Å². The first-order valence-corrected chi connectivity index (χ1v) is 6.41. The minimum atomic E-state index is 0.0722. The van der Waals surface area contributed by atoms with Gasteiger partial charge in [-0.15, -0.1) is 11.3 Å². The van der Waals surface area contributed by atoms with Crippen molar-refractivity contribution in [3.63, 3.8) is 0 Å². The normalized spacial score (nSPS) is 9.81. The van der Waals surface area contributed by atoms with E-state index in [1.54, 1.807) is 27.5 Å². The number of hydrogen-bond acceptors (Lipinski definition) is 4. The van der Waals surface area contributed by atoms with Crippen LogP contribution in [0.15, 0.2) is 28.5 Å². The van der Waals surface area contributed by atoms with Crippen LogP contribution >= 0.6 is 22.7 Å². The Morgan fingerprint density at radius 3 is 3.00 bits per heavy atom. The van der Waals surface area contributed by atoms with E-state index in [1.165, 1.54) is 11.3 Å². The van der Waals surface area contributed by atoms with Crippen LogP contribution in [0, 0.1) is 11.8 Å². The highest BCUT2D eigenvalue weighted by Crippen LogP contribution is 2.16. The monoisotopic (exact) mass is 250 g/mol. The summed E-state index contributed by atoms with van der Waals surface area (Å²) < 4.78 is 1.69. The standard InChI is InChI=1S/C11H10N2OS2/c12-5-1-2-9-3-4-10(16-9)8-13-6-7-15-11(13)14/h3-4,6-7H,5,8,12H2. The molecule has 2 N–H and O–H groups in total. The van der Waals surface area contributed by atoms with Crippen molar-refractivity contribution in [2.24, 2.45) is 5.73 Å². The van der Waals surface area contributed by atoms with E-state index in [1.807, 2.05) is 12.1 Å². The van der Waals surface area contributed by atoms with Gasteiger partial charge in [-0.25, -0.2) is 0 Å². The van der Waals surface area contributed by atoms with Crippen molar-refractivity contribution in [2.75, 3.05) is 6.54 Å². The summed E-state index contributed by atoms with van der Waals surface area (Å²) in [6.45, 7) is 0.995. The molecule has 3 nitrogen and oxygen atoms in total. The van der Waals surface area contributed by atoms with Crippen LogP contribution in [0.3, 0.4) is 0 Å². The lowest BCUT2D eigenvalue weighted by atomic mass is 10.4. The fourth-order valence-electron chi connectivity index (χ4n) is 1.24. The summed E-state index contributed by atoms with van der Waals surface area (Å²) in [5, 5.41) is 1.80. The van der Waals surface area contributed by atoms with Crippen LogP contribution in [-0.4, -0.2) is 11.1 Å². The van der Waals surface area contributed by atoms with E-state index in [2.05, 4.69) is 11.8 Å². The van der Waals surface area contributed by atoms with Gasteiger partial charge >= 0.3 is 4.87 Å². The third-order valence-corrected chi connectivity index (χ3v) is 3.63. The summed E-state index contributed by atoms with van der Waals surface area (Å²) in [7, 11) is 0. The lowest BCUT2D eigenvalue weighted by Gasteiger charge is -1.95. The molecule has 0 saturated carbocycles. The molecule has 2 rings (SSSR count). The van der Waals surface area contributed by atoms with Gasteiger partial charge in [-0.1, -0.05) is 23.2 Å². The van der Waals surface area contributed by atoms with Crippen molar-refractivity contribution in [3.05, 3.63) is 43.1 Å². The van der Waals surface area contributed by atoms with Crippen LogP contribution in [0.2, 0.25) is 0 Å². The van der Waals surface area contributed by atoms with Crippen LogP contribution < -0.4 is 10.6 Å². The molecule has 0 radical (unpaired) electrons. The highest BCUT2D eigenvalue weighted by Gasteiger charge is 2.01. The van der Waals surface area contributed by atoms with Crippen molar-refractivity contribution >= 4 is 22.7 Å². The molecular weight excluding hydrogens is 240 g/mol. The van der Waals surface area contributed by atoms with E-state index >= 15 is 0 Å². The molecular formula is C11H10N2OS2. The predicted molar refractivity (Wildman–Crippen MR) is 67.9 cm³/mol. The van der Waals surface area contributed by atoms with Crippen molar-refractivity contribution in [2.45, 2.75) is 6.54 Å². The Kier molecular flexibility index (Phi) is 3.57. The number of nitrogens with zero attached hydrogens (tertiary/aromatic N) is 1. The van der Waals surface area contributed by atoms with Gasteiger partial charge in [0.15, 0.2) is 0 Å². The van der Waals surface area contributed by atoms with Gasteiger partial charge in [0, 0.05) is 16.5 Å². The molecule has 0 atom stereocenters. The van der Waals surface area contributed by atoms with Crippen molar-refractivity contribution in [1.29, 1.82) is 0 Å². The number of thiophene rings is 1. The lowest BCUT2D eigenvalue weighted by molar-refractivity contribution is 0.796. The average Bonchev–Trinajstić information content (AvgIpc) is 2.87. The predicted octanol–water partition coefficient (Wildman–Crippen LogP) is 1.33. The molecule has 82 valence electrons. The van der Waals surface area contributed by atoms with Gasteiger partial charge < -0.3 is 10.3 Å². The molecule has 2 aromatic heterocycles. The van der Waals surface area contributed by atoms with E-state index in [-0.39, 0.29) is 4.87 Å². The number of rotatable bonds is 2. The van der Waals surface area contributed by atoms with Crippen LogP contribution in [0.25, 0.3) is 0 Å². The summed E-state index contributed by atoms with van der Waals surface area (Å²) in [5.41, 5.74) is 5.30. The fraction of sp³-hybridized carbons (Fsp3) is 0.182. The van der Waals surface area contributed by atoms with Crippen molar-refractivity contribution in [3.8, 4) is 11.8 Å². The Morgan fingerprint density at radius 1 is 1.44 bits per heavy atom. The SMILES string of the molecule is NCC#Cc1ccc(Cn2ccsc2=O)s1. The molecule has 0 saturated heterocycles. The first-order valence-electron chi connectivity index (χ1n) is 4.71. The lowest BCUT2D eigenvalue weighted by Crippen LogP contribution is -2.11. The summed E-state index contributed by atoms with van der Waals surface area (Å²) in [5.74, 6) is 5.79. The van der Waals surface area contributed by atoms with E-state index in [9.17, 15) is 4.79 Å². The Morgan fingerprint density at radius 2 is 2.31 bits per heavy atom. The molecule has 0 amide bonds. The highest BCUT2D eigenvalue weighted by atomic mass is 32.1. The summed E-state index contributed by atoms with van der Waals surface area (Å²) in [6.07, 6.45) is 1.80. The van der Waals surface area contributed by atoms with Crippen molar-refractivity contribution in [1.82, 2.24) is 4.57 Å². The Labute approximate surface area is 101 Å². The van der Waals surface area contributed by atoms with E-state index in [4.69, 9.17) is 5.73 Å². The zero-order chi connectivity index (χ0) is 11.4. The average molecular weight is 250 g/mol. The molecule has 2 aromatic rings. The fourth-order valence-corrected chi connectivity index (χ4v) is 2.71. The zero-order valence-electron chi connectivity index (χ0n) is 8.47. The maximum atomic E-state index is 11.3. The van der Waals surface area contributed by atoms with Crippen LogP contribution in [0.5, 0.6) is 0 Å². The smallest absolute Gasteiger partial charge is 0.307 e. The molecule has 0 aliphatic carbocycles. The largest absolute Gasteiger partial charge is 0.320 e. The van der Waals surface area contributed by atoms with Crippen LogP contribution in [0.1, 0.15) is 9.75 Å². The van der Waals surface area contributed by atoms with Crippen LogP contribution in [-0.2, 0) is 6.54 Å². The molecule has 0 unspecified atom stereocenters. The first kappa shape index (κ1) is 11.1. The Bertz CT molecular complexity index is 583. The molecule has 0 aliphatic heterocycles. The molecule has 0 fully saturated rings. The summed E-state index contributed by atoms with van der Waals surface area (Å²) >= 11 is 2.81. The summed E-state index contributed by atoms with van der Waals surface area (Å²) in [6, 6.07) is 3.95. The van der Waals surface area contributed by atoms with Gasteiger partial charge in [0.25, 0.3) is 0 Å². The van der Waals surface area contributed by atoms with Gasteiger partial charge in [0.1, 0.15) is 0 Å². The number of thiazole rings is 1. The number of hydrogen-bond donors (Lipinski definition) is 1. The molecule has 0 aliphatic rings. The zero-order valence-corrected chi connectivity index (χ0v) is 10.1. The van der Waals surface area contributed by atoms with E-state index < -0.39 is 0 Å². The summed E-state index contributed by atoms with van der Waals surface area (Å²) in [4.78, 5) is 13.5. The molecule has 16 heavy (non-hydrogen) atoms. The second-order valence-corrected chi connectivity index (χ2v) is 5.09. The first-order chi connectivity index (χ1) is 7.79. The van der Waals surface area contributed by atoms with Gasteiger partial charge in [0.05, 0.1) is 18.0 Å². The van der Waals surface area contributed by atoms with Gasteiger partial charge in [-0.3, -0.25) is 4.79 Å². The Hall–Kier alpha value is -1.35. The molecule has 0 spiro atoms. The third kappa shape index (κ3) is 2.61. The maximum absolute atomic E-state index is 11.3. The minimum absolute atomic E-state index is 0.0722. The van der Waals surface area contributed by atoms with Gasteiger partial charge in [-0.05, 0) is 12.1 Å². The second kappa shape index (κ2) is 5.12. The van der Waals surface area contributed by atoms with E-state index in [0.717, 1.165) is 9.75 Å². The molecule has 0 bridgehead atoms.